The molecule has 0 spiro atoms. The standard InChI is InChI=1S/C23H24ClF2N7O2.C12H11Cl2F2N3O.2C11H12N4O3.C11H14N4O.C10H10N4O3.C8H8N2O4.C6H5N3/c1-12-27-21(32(2)31-12)13-7-6-8-14(19(13)34-3)28-15-11-16(24)29-22-18(15)30-23(20(25)26)33(22)17-9-4-5-10-35-17;13-6-5-7(14)17-11-9(6)18-12(10(15)16)19(11)8-3-1-2-4-20-8;2*1-7-12-11(14(2)13-7)8-5-4-6-9(15(16)17)10(8)18-3;1-7-13-11(15(2)14-7)8-5-4-6-9(12)10(8)16-3;1-6-11-10(13-12-6)7-4-3-5-8(14(15)16)9(7)17-2;1-14-7-5(8(9)11)3-2-4-6(7)10(12)13;1-8-6-4-2-3-5(7)9-6/h6-8,11,17,20H,4-5,9-10H2,1-3H3,(H,28,29);5,8,10H,1-4H2;2*4-6H,1-3H3;4-6H,12H2,1-3H3;3-5H,1-2H3,(H,11,12,13);2-4H,1H3,(H2,9,11);2-4H,(H2,7,9). The van der Waals surface area contributed by atoms with E-state index in [1.54, 1.807) is 155 Å². The van der Waals surface area contributed by atoms with E-state index in [0.717, 1.165) is 42.9 Å². The number of para-hydroxylation sites is 6. The number of primary amides is 1. The number of aromatic nitrogens is 22. The van der Waals surface area contributed by atoms with Crippen LogP contribution >= 0.6 is 34.8 Å². The number of nitrogens with one attached hydrogen (secondary N) is 2. The van der Waals surface area contributed by atoms with Crippen LogP contribution in [0.15, 0.2) is 140 Å². The molecule has 2 fully saturated rings. The summed E-state index contributed by atoms with van der Waals surface area (Å²) in [6.45, 7) is 16.5. The van der Waals surface area contributed by atoms with Crippen LogP contribution in [0.2, 0.25) is 15.3 Å². The number of alkyl halides is 4. The predicted molar refractivity (Wildman–Crippen MR) is 532 cm³/mol. The number of hydrogen-bond donors (Lipinski definition) is 5. The second kappa shape index (κ2) is 50.1. The van der Waals surface area contributed by atoms with Crippen LogP contribution in [0.3, 0.4) is 0 Å². The molecule has 2 aliphatic rings. The van der Waals surface area contributed by atoms with Crippen molar-refractivity contribution in [1.29, 1.82) is 0 Å². The molecule has 6 aromatic carbocycles. The van der Waals surface area contributed by atoms with Crippen LogP contribution in [0.5, 0.6) is 34.5 Å². The third-order valence-electron chi connectivity index (χ3n) is 21.3. The first-order valence-electron chi connectivity index (χ1n) is 43.7. The molecule has 8 N–H and O–H groups in total. The minimum absolute atomic E-state index is 0.00157. The SMILES string of the molecule is COc1c(-c2n[nH]c(C)n2)cccc1[N+](=O)[O-].COc1c(-c2nc(C)nn2C)cccc1[N+](=O)[O-].COc1c(-c2nc(C)nn2C)cccc1[N+](=O)[O-].COc1c(C(N)=O)cccc1[N+](=O)[O-].COc1c(N)cccc1-c1nc(C)nn1C.COc1c(Nc2cc(Cl)nc3c2nc(C(F)F)n3C2CCCCO2)cccc1-c1nc(C)nn1C.FC(F)c1nc2c(Cl)cc(Cl)nc2n1C1CCCCO1.[C-]#[N+]c1cccc(N)n1. The number of amides is 1. The number of nitrogens with zero attached hydrogens (tertiary/aromatic N) is 26. The van der Waals surface area contributed by atoms with E-state index in [1.165, 1.54) is 80.0 Å². The van der Waals surface area contributed by atoms with Gasteiger partial charge < -0.3 is 65.3 Å². The van der Waals surface area contributed by atoms with Gasteiger partial charge in [-0.05, 0) is 134 Å². The molecule has 48 nitrogen and oxygen atoms in total. The Balaban J connectivity index is 0.000000164. The monoisotopic (exact) mass is 2090 g/mol. The third kappa shape index (κ3) is 26.4. The van der Waals surface area contributed by atoms with E-state index in [1.807, 2.05) is 38.2 Å². The molecular weight excluding hydrogens is 1990 g/mol. The van der Waals surface area contributed by atoms with E-state index >= 15 is 0 Å². The lowest BCUT2D eigenvalue weighted by molar-refractivity contribution is -0.385. The van der Waals surface area contributed by atoms with Crippen LogP contribution < -0.4 is 50.9 Å². The largest absolute Gasteiger partial charge is 0.494 e. The van der Waals surface area contributed by atoms with Gasteiger partial charge in [0, 0.05) is 77.8 Å². The summed E-state index contributed by atoms with van der Waals surface area (Å²) in [5.74, 6) is 6.78. The number of hydrogen-bond acceptors (Lipinski definition) is 35. The van der Waals surface area contributed by atoms with Crippen LogP contribution in [-0.2, 0) is 37.7 Å². The summed E-state index contributed by atoms with van der Waals surface area (Å²) in [5.41, 5.74) is 21.3. The van der Waals surface area contributed by atoms with Gasteiger partial charge in [-0.1, -0.05) is 83.8 Å². The number of nitrogens with two attached hydrogens (primary N) is 3. The maximum atomic E-state index is 14.0. The number of aromatic amines is 1. The smallest absolute Gasteiger partial charge is 0.311 e. The van der Waals surface area contributed by atoms with Crippen molar-refractivity contribution in [3.05, 3.63) is 253 Å². The number of aryl methyl sites for hydroxylation is 9. The first-order valence-corrected chi connectivity index (χ1v) is 44.9. The Labute approximate surface area is 847 Å². The highest BCUT2D eigenvalue weighted by Gasteiger charge is 2.34. The number of imidazole rings is 2. The van der Waals surface area contributed by atoms with E-state index in [2.05, 4.69) is 90.6 Å². The fraction of sp³-hybridized carbons (Fsp3) is 0.293. The number of nitro groups is 4. The molecule has 2 unspecified atom stereocenters. The minimum Gasteiger partial charge on any atom is -0.494 e. The highest BCUT2D eigenvalue weighted by atomic mass is 35.5. The Morgan fingerprint density at radius 2 is 0.844 bits per heavy atom. The number of carbonyl (C=O) groups is 1. The van der Waals surface area contributed by atoms with Crippen LogP contribution in [0.1, 0.15) is 115 Å². The number of nitro benzene ring substituents is 4. The van der Waals surface area contributed by atoms with Crippen LogP contribution in [0, 0.1) is 81.6 Å². The predicted octanol–water partition coefficient (Wildman–Crippen LogP) is 18.4. The van der Waals surface area contributed by atoms with E-state index in [0.29, 0.717) is 135 Å². The topological polar surface area (TPSA) is 597 Å². The van der Waals surface area contributed by atoms with Gasteiger partial charge in [0.2, 0.25) is 28.8 Å². The molecule has 0 saturated carbocycles. The number of benzene rings is 6. The molecule has 0 aliphatic carbocycles. The number of rotatable bonds is 22. The number of carbonyl (C=O) groups excluding carboxylic acids is 1. The Morgan fingerprint density at radius 1 is 0.469 bits per heavy atom. The van der Waals surface area contributed by atoms with Crippen molar-refractivity contribution in [3.8, 4) is 91.4 Å². The Kier molecular flexibility index (Phi) is 37.5. The van der Waals surface area contributed by atoms with Crippen molar-refractivity contribution in [2.45, 2.75) is 98.5 Å². The number of methoxy groups -OCH3 is 6. The summed E-state index contributed by atoms with van der Waals surface area (Å²) < 4.78 is 106. The van der Waals surface area contributed by atoms with Gasteiger partial charge in [-0.2, -0.15) is 25.5 Å². The normalized spacial score (nSPS) is 12.9. The molecule has 0 radical (unpaired) electrons. The molecule has 2 aliphatic heterocycles. The van der Waals surface area contributed by atoms with Crippen LogP contribution in [0.25, 0.3) is 84.1 Å². The van der Waals surface area contributed by atoms with Gasteiger partial charge in [0.05, 0.1) is 118 Å². The summed E-state index contributed by atoms with van der Waals surface area (Å²) in [7, 11) is 15.7. The van der Waals surface area contributed by atoms with Crippen molar-refractivity contribution in [3.63, 3.8) is 0 Å². The Bertz CT molecular complexity index is 7350. The molecule has 1 amide bonds. The molecule has 12 heterocycles. The van der Waals surface area contributed by atoms with Gasteiger partial charge in [0.15, 0.2) is 63.6 Å². The van der Waals surface area contributed by atoms with E-state index in [9.17, 15) is 62.8 Å². The second-order valence-corrected chi connectivity index (χ2v) is 32.3. The number of anilines is 4. The highest BCUT2D eigenvalue weighted by Crippen LogP contribution is 2.45. The number of halogens is 7. The molecule has 10 aromatic heterocycles. The van der Waals surface area contributed by atoms with Gasteiger partial charge in [-0.15, -0.1) is 4.98 Å². The first-order chi connectivity index (χ1) is 70.2. The molecular formula is C92H96Cl3F4N31O17. The summed E-state index contributed by atoms with van der Waals surface area (Å²) in [6, 6.07) is 37.0. The lowest BCUT2D eigenvalue weighted by Gasteiger charge is -2.25. The maximum absolute atomic E-state index is 14.0. The van der Waals surface area contributed by atoms with Gasteiger partial charge in [0.1, 0.15) is 62.9 Å². The number of pyridine rings is 3. The zero-order chi connectivity index (χ0) is 107. The quantitative estimate of drug-likeness (QED) is 0.0105. The zero-order valence-corrected chi connectivity index (χ0v) is 83.5. The van der Waals surface area contributed by atoms with Gasteiger partial charge in [-0.3, -0.25) is 59.5 Å². The lowest BCUT2D eigenvalue weighted by atomic mass is 10.1. The van der Waals surface area contributed by atoms with Crippen LogP contribution in [0.4, 0.5) is 69.0 Å². The minimum atomic E-state index is -2.81. The first kappa shape index (κ1) is 110. The van der Waals surface area contributed by atoms with Crippen LogP contribution in [-0.4, -0.2) is 190 Å². The van der Waals surface area contributed by atoms with E-state index in [4.69, 9.17) is 96.5 Å². The average molecular weight is 2090 g/mol. The van der Waals surface area contributed by atoms with Crippen molar-refractivity contribution in [1.82, 2.24) is 108 Å². The summed E-state index contributed by atoms with van der Waals surface area (Å²) in [5, 5.41) is 70.4. The summed E-state index contributed by atoms with van der Waals surface area (Å²) in [4.78, 5) is 96.9. The molecule has 0 bridgehead atoms. The lowest BCUT2D eigenvalue weighted by Crippen LogP contribution is -2.20. The second-order valence-electron chi connectivity index (χ2n) is 31.2. The van der Waals surface area contributed by atoms with Crippen molar-refractivity contribution in [2.24, 2.45) is 33.9 Å². The maximum Gasteiger partial charge on any atom is 0.311 e. The number of fused-ring (bicyclic) bond motifs is 2. The van der Waals surface area contributed by atoms with Crippen molar-refractivity contribution in [2.75, 3.05) is 72.7 Å². The number of ether oxygens (including phenoxy) is 8. The number of H-pyrrole nitrogens is 1. The highest BCUT2D eigenvalue weighted by molar-refractivity contribution is 6.37. The zero-order valence-electron chi connectivity index (χ0n) is 81.2. The Hall–Kier alpha value is -17.3. The molecule has 2 saturated heterocycles. The molecule has 55 heteroatoms. The number of nitrogen functional groups attached to an aromatic ring is 2. The fourth-order valence-corrected chi connectivity index (χ4v) is 15.9. The molecule has 18 rings (SSSR count). The van der Waals surface area contributed by atoms with Crippen molar-refractivity contribution >= 4 is 114 Å². The van der Waals surface area contributed by atoms with Gasteiger partial charge in [0.25, 0.3) is 24.6 Å². The third-order valence-corrected chi connectivity index (χ3v) is 21.9. The molecule has 2 atom stereocenters. The molecule has 770 valence electrons. The van der Waals surface area contributed by atoms with E-state index < -0.39 is 56.7 Å². The van der Waals surface area contributed by atoms with E-state index in [-0.39, 0.29) is 94.8 Å². The summed E-state index contributed by atoms with van der Waals surface area (Å²) in [6.07, 6.45) is -1.81. The molecule has 147 heavy (non-hydrogen) atoms. The average Bonchev–Trinajstić information content (AvgIpc) is 1.61. The Morgan fingerprint density at radius 3 is 1.21 bits per heavy atom. The van der Waals surface area contributed by atoms with Gasteiger partial charge in [-0.25, -0.2) is 81.1 Å². The molecule has 16 aromatic rings. The summed E-state index contributed by atoms with van der Waals surface area (Å²) >= 11 is 18.2. The van der Waals surface area contributed by atoms with Gasteiger partial charge >= 0.3 is 22.7 Å². The fourth-order valence-electron chi connectivity index (χ4n) is 15.2. The van der Waals surface area contributed by atoms with Crippen molar-refractivity contribution < 1.29 is 79.9 Å².